The number of hydrogen-bond donors (Lipinski definition) is 1. The summed E-state index contributed by atoms with van der Waals surface area (Å²) in [6, 6.07) is 1.37. The molecule has 0 radical (unpaired) electrons. The van der Waals surface area contributed by atoms with Crippen molar-refractivity contribution in [3.05, 3.63) is 0 Å². The Morgan fingerprint density at radius 2 is 1.73 bits per heavy atom. The molecule has 0 aliphatic rings. The van der Waals surface area contributed by atoms with Gasteiger partial charge in [-0.1, -0.05) is 34.1 Å². The highest BCUT2D eigenvalue weighted by atomic mass is 15.2. The van der Waals surface area contributed by atoms with Gasteiger partial charge in [0.25, 0.3) is 0 Å². The first kappa shape index (κ1) is 14.9. The molecule has 0 heterocycles. The van der Waals surface area contributed by atoms with E-state index in [2.05, 4.69) is 45.0 Å². The van der Waals surface area contributed by atoms with Crippen LogP contribution in [0.4, 0.5) is 0 Å². The molecule has 0 aliphatic carbocycles. The van der Waals surface area contributed by atoms with E-state index in [1.165, 1.54) is 25.7 Å². The lowest BCUT2D eigenvalue weighted by atomic mass is 9.99. The van der Waals surface area contributed by atoms with Crippen LogP contribution in [0.15, 0.2) is 0 Å². The largest absolute Gasteiger partial charge is 0.312 e. The van der Waals surface area contributed by atoms with Crippen LogP contribution in [0, 0.1) is 0 Å². The second kappa shape index (κ2) is 9.17. The molecule has 0 aromatic heterocycles. The van der Waals surface area contributed by atoms with Crippen LogP contribution < -0.4 is 5.32 Å². The van der Waals surface area contributed by atoms with Gasteiger partial charge in [0.1, 0.15) is 0 Å². The first-order valence-corrected chi connectivity index (χ1v) is 6.64. The topological polar surface area (TPSA) is 15.3 Å². The highest BCUT2D eigenvalue weighted by Gasteiger charge is 2.21. The van der Waals surface area contributed by atoms with Gasteiger partial charge in [-0.3, -0.25) is 0 Å². The Morgan fingerprint density at radius 1 is 1.07 bits per heavy atom. The van der Waals surface area contributed by atoms with Crippen molar-refractivity contribution < 1.29 is 0 Å². The average Bonchev–Trinajstić information content (AvgIpc) is 2.26. The molecule has 0 rings (SSSR count). The van der Waals surface area contributed by atoms with Crippen molar-refractivity contribution >= 4 is 0 Å². The molecule has 2 nitrogen and oxygen atoms in total. The standard InChI is InChI=1S/C13H30N2/c1-6-10-12(14-11-7-2)13(8-3)15(5)9-4/h12-14H,6-11H2,1-5H3. The van der Waals surface area contributed by atoms with Crippen molar-refractivity contribution in [1.29, 1.82) is 0 Å². The van der Waals surface area contributed by atoms with E-state index >= 15 is 0 Å². The summed E-state index contributed by atoms with van der Waals surface area (Å²) in [7, 11) is 2.24. The van der Waals surface area contributed by atoms with Crippen LogP contribution in [-0.2, 0) is 0 Å². The third-order valence-corrected chi connectivity index (χ3v) is 3.20. The number of hydrogen-bond acceptors (Lipinski definition) is 2. The summed E-state index contributed by atoms with van der Waals surface area (Å²) in [6.45, 7) is 11.4. The Balaban J connectivity index is 4.25. The fourth-order valence-electron chi connectivity index (χ4n) is 2.21. The van der Waals surface area contributed by atoms with Crippen molar-refractivity contribution in [3.8, 4) is 0 Å². The molecule has 0 bridgehead atoms. The van der Waals surface area contributed by atoms with Crippen molar-refractivity contribution in [1.82, 2.24) is 10.2 Å². The third-order valence-electron chi connectivity index (χ3n) is 3.20. The predicted molar refractivity (Wildman–Crippen MR) is 69.4 cm³/mol. The molecule has 0 spiro atoms. The van der Waals surface area contributed by atoms with Crippen LogP contribution in [0.3, 0.4) is 0 Å². The molecule has 2 heteroatoms. The molecule has 2 atom stereocenters. The van der Waals surface area contributed by atoms with Gasteiger partial charge in [-0.15, -0.1) is 0 Å². The van der Waals surface area contributed by atoms with Gasteiger partial charge < -0.3 is 10.2 Å². The smallest absolute Gasteiger partial charge is 0.0243 e. The van der Waals surface area contributed by atoms with Crippen molar-refractivity contribution in [3.63, 3.8) is 0 Å². The summed E-state index contributed by atoms with van der Waals surface area (Å²) in [5.74, 6) is 0. The highest BCUT2D eigenvalue weighted by Crippen LogP contribution is 2.12. The van der Waals surface area contributed by atoms with E-state index < -0.39 is 0 Å². The minimum atomic E-state index is 0.671. The zero-order chi connectivity index (χ0) is 11.7. The Bertz CT molecular complexity index is 136. The summed E-state index contributed by atoms with van der Waals surface area (Å²) in [4.78, 5) is 2.48. The van der Waals surface area contributed by atoms with Crippen molar-refractivity contribution in [2.75, 3.05) is 20.1 Å². The van der Waals surface area contributed by atoms with Crippen LogP contribution in [0.2, 0.25) is 0 Å². The normalized spacial score (nSPS) is 15.6. The van der Waals surface area contributed by atoms with E-state index in [0.29, 0.717) is 12.1 Å². The lowest BCUT2D eigenvalue weighted by Gasteiger charge is -2.34. The van der Waals surface area contributed by atoms with Gasteiger partial charge in [0.05, 0.1) is 0 Å². The zero-order valence-electron chi connectivity index (χ0n) is 11.3. The second-order valence-corrected chi connectivity index (χ2v) is 4.40. The van der Waals surface area contributed by atoms with Crippen LogP contribution in [-0.4, -0.2) is 37.1 Å². The molecule has 15 heavy (non-hydrogen) atoms. The monoisotopic (exact) mass is 214 g/mol. The van der Waals surface area contributed by atoms with Crippen LogP contribution >= 0.6 is 0 Å². The van der Waals surface area contributed by atoms with E-state index in [1.54, 1.807) is 0 Å². The maximum Gasteiger partial charge on any atom is 0.0243 e. The first-order valence-electron chi connectivity index (χ1n) is 6.64. The van der Waals surface area contributed by atoms with E-state index in [1.807, 2.05) is 0 Å². The summed E-state index contributed by atoms with van der Waals surface area (Å²) < 4.78 is 0. The predicted octanol–water partition coefficient (Wildman–Crippen LogP) is 2.89. The highest BCUT2D eigenvalue weighted by molar-refractivity contribution is 4.81. The molecule has 0 aromatic carbocycles. The van der Waals surface area contributed by atoms with E-state index in [0.717, 1.165) is 13.1 Å². The lowest BCUT2D eigenvalue weighted by molar-refractivity contribution is 0.187. The molecule has 1 N–H and O–H groups in total. The molecule has 92 valence electrons. The minimum absolute atomic E-state index is 0.671. The molecule has 0 saturated heterocycles. The molecule has 0 aromatic rings. The Labute approximate surface area is 96.4 Å². The minimum Gasteiger partial charge on any atom is -0.312 e. The molecular formula is C13H30N2. The van der Waals surface area contributed by atoms with E-state index in [-0.39, 0.29) is 0 Å². The van der Waals surface area contributed by atoms with Gasteiger partial charge in [-0.05, 0) is 39.4 Å². The summed E-state index contributed by atoms with van der Waals surface area (Å²) in [6.07, 6.45) is 5.04. The van der Waals surface area contributed by atoms with Gasteiger partial charge in [0, 0.05) is 12.1 Å². The average molecular weight is 214 g/mol. The summed E-state index contributed by atoms with van der Waals surface area (Å²) >= 11 is 0. The third kappa shape index (κ3) is 5.53. The van der Waals surface area contributed by atoms with Gasteiger partial charge in [0.15, 0.2) is 0 Å². The SMILES string of the molecule is CCCNC(CCC)C(CC)N(C)CC. The fourth-order valence-corrected chi connectivity index (χ4v) is 2.21. The van der Waals surface area contributed by atoms with Crippen LogP contribution in [0.5, 0.6) is 0 Å². The van der Waals surface area contributed by atoms with Gasteiger partial charge in [-0.25, -0.2) is 0 Å². The Hall–Kier alpha value is -0.0800. The van der Waals surface area contributed by atoms with Crippen molar-refractivity contribution in [2.24, 2.45) is 0 Å². The Kier molecular flexibility index (Phi) is 9.12. The molecule has 0 saturated carbocycles. The number of nitrogens with zero attached hydrogens (tertiary/aromatic N) is 1. The number of likely N-dealkylation sites (N-methyl/N-ethyl adjacent to an activating group) is 1. The fraction of sp³-hybridized carbons (Fsp3) is 1.00. The quantitative estimate of drug-likeness (QED) is 0.635. The molecule has 0 amide bonds. The van der Waals surface area contributed by atoms with Crippen LogP contribution in [0.1, 0.15) is 53.4 Å². The van der Waals surface area contributed by atoms with Gasteiger partial charge in [-0.2, -0.15) is 0 Å². The maximum atomic E-state index is 3.69. The molecular weight excluding hydrogens is 184 g/mol. The summed E-state index contributed by atoms with van der Waals surface area (Å²) in [5, 5.41) is 3.69. The molecule has 0 fully saturated rings. The first-order chi connectivity index (χ1) is 7.21. The number of rotatable bonds is 9. The zero-order valence-corrected chi connectivity index (χ0v) is 11.3. The second-order valence-electron chi connectivity index (χ2n) is 4.40. The number of nitrogens with one attached hydrogen (secondary N) is 1. The van der Waals surface area contributed by atoms with E-state index in [4.69, 9.17) is 0 Å². The lowest BCUT2D eigenvalue weighted by Crippen LogP contribution is -2.48. The summed E-state index contributed by atoms with van der Waals surface area (Å²) in [5.41, 5.74) is 0. The van der Waals surface area contributed by atoms with E-state index in [9.17, 15) is 0 Å². The van der Waals surface area contributed by atoms with Gasteiger partial charge >= 0.3 is 0 Å². The maximum absolute atomic E-state index is 3.69. The van der Waals surface area contributed by atoms with Crippen molar-refractivity contribution in [2.45, 2.75) is 65.5 Å². The molecule has 2 unspecified atom stereocenters. The molecule has 0 aliphatic heterocycles. The van der Waals surface area contributed by atoms with Crippen LogP contribution in [0.25, 0.3) is 0 Å². The van der Waals surface area contributed by atoms with Gasteiger partial charge in [0.2, 0.25) is 0 Å². The Morgan fingerprint density at radius 3 is 2.13 bits per heavy atom.